The second-order valence-corrected chi connectivity index (χ2v) is 3.34. The molecule has 0 aliphatic rings. The molecule has 0 aliphatic carbocycles. The summed E-state index contributed by atoms with van der Waals surface area (Å²) in [5.74, 6) is 2.03. The maximum Gasteiger partial charge on any atom is 0.141 e. The van der Waals surface area contributed by atoms with Crippen molar-refractivity contribution in [3.05, 3.63) is 29.8 Å². The van der Waals surface area contributed by atoms with Crippen LogP contribution in [0.15, 0.2) is 18.3 Å². The Morgan fingerprint density at radius 3 is 2.86 bits per heavy atom. The summed E-state index contributed by atoms with van der Waals surface area (Å²) in [6.07, 6.45) is 7.06. The summed E-state index contributed by atoms with van der Waals surface area (Å²) < 4.78 is 12.6. The summed E-state index contributed by atoms with van der Waals surface area (Å²) in [4.78, 5) is 3.81. The second kappa shape index (κ2) is 4.21. The second-order valence-electron chi connectivity index (χ2n) is 3.34. The highest BCUT2D eigenvalue weighted by Crippen LogP contribution is 2.23. The lowest BCUT2D eigenvalue weighted by Crippen LogP contribution is -2.22. The van der Waals surface area contributed by atoms with Crippen molar-refractivity contribution in [1.29, 1.82) is 0 Å². The van der Waals surface area contributed by atoms with Crippen LogP contribution in [0.2, 0.25) is 0 Å². The molecule has 14 heavy (non-hydrogen) atoms. The lowest BCUT2D eigenvalue weighted by atomic mass is 9.96. The van der Waals surface area contributed by atoms with Crippen LogP contribution in [-0.4, -0.2) is 10.1 Å². The first-order chi connectivity index (χ1) is 6.56. The van der Waals surface area contributed by atoms with Gasteiger partial charge in [-0.05, 0) is 25.5 Å². The minimum atomic E-state index is -1.08. The molecule has 74 valence electrons. The quantitative estimate of drug-likeness (QED) is 0.743. The van der Waals surface area contributed by atoms with Crippen LogP contribution in [-0.2, 0) is 5.60 Å². The molecule has 1 heterocycles. The fourth-order valence-electron chi connectivity index (χ4n) is 1.14. The molecule has 0 fully saturated rings. The van der Waals surface area contributed by atoms with E-state index in [4.69, 9.17) is 6.42 Å². The van der Waals surface area contributed by atoms with Crippen molar-refractivity contribution in [2.24, 2.45) is 0 Å². The van der Waals surface area contributed by atoms with Gasteiger partial charge in [-0.15, -0.1) is 12.3 Å². The van der Waals surface area contributed by atoms with E-state index in [0.29, 0.717) is 18.5 Å². The van der Waals surface area contributed by atoms with E-state index in [9.17, 15) is 9.50 Å². The van der Waals surface area contributed by atoms with Gasteiger partial charge in [0.2, 0.25) is 0 Å². The molecule has 0 aromatic carbocycles. The fourth-order valence-corrected chi connectivity index (χ4v) is 1.14. The lowest BCUT2D eigenvalue weighted by Gasteiger charge is -2.21. The average molecular weight is 193 g/mol. The molecule has 0 saturated carbocycles. The number of terminal acetylenes is 1. The van der Waals surface area contributed by atoms with Crippen LogP contribution in [0.5, 0.6) is 0 Å². The summed E-state index contributed by atoms with van der Waals surface area (Å²) in [6.45, 7) is 1.62. The standard InChI is InChI=1S/C11H12FNO/c1-3-4-7-11(2,14)10-6-5-9(12)8-13-10/h1,5-6,8,14H,4,7H2,2H3. The number of hydrogen-bond donors (Lipinski definition) is 1. The predicted molar refractivity (Wildman–Crippen MR) is 51.8 cm³/mol. The number of rotatable bonds is 3. The van der Waals surface area contributed by atoms with E-state index in [1.807, 2.05) is 0 Å². The van der Waals surface area contributed by atoms with Crippen LogP contribution in [0, 0.1) is 18.2 Å². The van der Waals surface area contributed by atoms with Gasteiger partial charge in [0.1, 0.15) is 11.4 Å². The Kier molecular flexibility index (Phi) is 3.21. The lowest BCUT2D eigenvalue weighted by molar-refractivity contribution is 0.0447. The maximum atomic E-state index is 12.6. The number of halogens is 1. The van der Waals surface area contributed by atoms with E-state index in [1.165, 1.54) is 12.1 Å². The Morgan fingerprint density at radius 1 is 1.64 bits per heavy atom. The molecule has 2 nitrogen and oxygen atoms in total. The summed E-state index contributed by atoms with van der Waals surface area (Å²) in [5.41, 5.74) is -0.644. The van der Waals surface area contributed by atoms with Crippen molar-refractivity contribution in [3.8, 4) is 12.3 Å². The van der Waals surface area contributed by atoms with Gasteiger partial charge >= 0.3 is 0 Å². The Morgan fingerprint density at radius 2 is 2.36 bits per heavy atom. The average Bonchev–Trinajstić information content (AvgIpc) is 2.16. The van der Waals surface area contributed by atoms with Crippen LogP contribution in [0.25, 0.3) is 0 Å². The van der Waals surface area contributed by atoms with Crippen LogP contribution in [0.3, 0.4) is 0 Å². The number of nitrogens with zero attached hydrogens (tertiary/aromatic N) is 1. The number of aliphatic hydroxyl groups is 1. The summed E-state index contributed by atoms with van der Waals surface area (Å²) in [5, 5.41) is 9.93. The normalized spacial score (nSPS) is 14.4. The molecule has 0 spiro atoms. The van der Waals surface area contributed by atoms with Gasteiger partial charge in [-0.25, -0.2) is 4.39 Å². The fraction of sp³-hybridized carbons (Fsp3) is 0.364. The van der Waals surface area contributed by atoms with E-state index in [0.717, 1.165) is 6.20 Å². The van der Waals surface area contributed by atoms with E-state index < -0.39 is 11.4 Å². The Hall–Kier alpha value is -1.40. The molecule has 1 unspecified atom stereocenters. The van der Waals surface area contributed by atoms with Crippen molar-refractivity contribution in [3.63, 3.8) is 0 Å². The van der Waals surface area contributed by atoms with Gasteiger partial charge in [0.25, 0.3) is 0 Å². The molecule has 1 N–H and O–H groups in total. The highest BCUT2D eigenvalue weighted by molar-refractivity contribution is 5.13. The molecular formula is C11H12FNO. The van der Waals surface area contributed by atoms with Gasteiger partial charge in [-0.2, -0.15) is 0 Å². The van der Waals surface area contributed by atoms with E-state index >= 15 is 0 Å². The monoisotopic (exact) mass is 193 g/mol. The summed E-state index contributed by atoms with van der Waals surface area (Å²) in [6, 6.07) is 2.73. The van der Waals surface area contributed by atoms with Gasteiger partial charge in [-0.1, -0.05) is 0 Å². The minimum absolute atomic E-state index is 0.415. The summed E-state index contributed by atoms with van der Waals surface area (Å²) >= 11 is 0. The molecule has 1 aromatic rings. The number of pyridine rings is 1. The van der Waals surface area contributed by atoms with Crippen LogP contribution in [0.4, 0.5) is 4.39 Å². The van der Waals surface area contributed by atoms with E-state index in [1.54, 1.807) is 6.92 Å². The molecule has 1 aromatic heterocycles. The smallest absolute Gasteiger partial charge is 0.141 e. The first kappa shape index (κ1) is 10.7. The molecule has 0 bridgehead atoms. The van der Waals surface area contributed by atoms with Crippen LogP contribution < -0.4 is 0 Å². The third kappa shape index (κ3) is 2.54. The molecule has 0 aliphatic heterocycles. The number of aromatic nitrogens is 1. The highest BCUT2D eigenvalue weighted by atomic mass is 19.1. The maximum absolute atomic E-state index is 12.6. The molecule has 1 rings (SSSR count). The van der Waals surface area contributed by atoms with E-state index in [2.05, 4.69) is 10.9 Å². The van der Waals surface area contributed by atoms with E-state index in [-0.39, 0.29) is 0 Å². The van der Waals surface area contributed by atoms with Gasteiger partial charge in [0, 0.05) is 6.42 Å². The topological polar surface area (TPSA) is 33.1 Å². The van der Waals surface area contributed by atoms with Crippen LogP contribution in [0.1, 0.15) is 25.5 Å². The first-order valence-electron chi connectivity index (χ1n) is 4.34. The largest absolute Gasteiger partial charge is 0.384 e. The molecule has 1 atom stereocenters. The zero-order valence-electron chi connectivity index (χ0n) is 8.00. The molecule has 3 heteroatoms. The van der Waals surface area contributed by atoms with Gasteiger partial charge in [-0.3, -0.25) is 4.98 Å². The molecule has 0 saturated heterocycles. The zero-order valence-corrected chi connectivity index (χ0v) is 8.00. The van der Waals surface area contributed by atoms with Crippen molar-refractivity contribution < 1.29 is 9.50 Å². The number of hydrogen-bond acceptors (Lipinski definition) is 2. The predicted octanol–water partition coefficient (Wildman–Crippen LogP) is 1.84. The third-order valence-corrected chi connectivity index (χ3v) is 2.04. The summed E-state index contributed by atoms with van der Waals surface area (Å²) in [7, 11) is 0. The van der Waals surface area contributed by atoms with Crippen LogP contribution >= 0.6 is 0 Å². The zero-order chi connectivity index (χ0) is 10.6. The van der Waals surface area contributed by atoms with Gasteiger partial charge < -0.3 is 5.11 Å². The molecular weight excluding hydrogens is 181 g/mol. The van der Waals surface area contributed by atoms with Crippen molar-refractivity contribution >= 4 is 0 Å². The highest BCUT2D eigenvalue weighted by Gasteiger charge is 2.23. The Balaban J connectivity index is 2.82. The van der Waals surface area contributed by atoms with Crippen molar-refractivity contribution in [2.75, 3.05) is 0 Å². The molecule has 0 amide bonds. The van der Waals surface area contributed by atoms with Crippen molar-refractivity contribution in [2.45, 2.75) is 25.4 Å². The Bertz CT molecular complexity index is 337. The van der Waals surface area contributed by atoms with Gasteiger partial charge in [0.15, 0.2) is 0 Å². The van der Waals surface area contributed by atoms with Crippen molar-refractivity contribution in [1.82, 2.24) is 4.98 Å². The Labute approximate surface area is 82.8 Å². The van der Waals surface area contributed by atoms with Gasteiger partial charge in [0.05, 0.1) is 11.9 Å². The SMILES string of the molecule is C#CCCC(C)(O)c1ccc(F)cn1. The molecule has 0 radical (unpaired) electrons. The first-order valence-corrected chi connectivity index (χ1v) is 4.34. The minimum Gasteiger partial charge on any atom is -0.384 e. The third-order valence-electron chi connectivity index (χ3n) is 2.04.